The number of unbranched alkanes of at least 4 members (excludes halogenated alkanes) is 1. The maximum Gasteiger partial charge on any atom is 0.322 e. The molecule has 3 rings (SSSR count). The van der Waals surface area contributed by atoms with Crippen molar-refractivity contribution >= 4 is 58.2 Å². The number of halogens is 2. The van der Waals surface area contributed by atoms with Crippen LogP contribution in [0.2, 0.25) is 10.0 Å². The average molecular weight is 539 g/mol. The number of hydrogen-bond acceptors (Lipinski definition) is 7. The van der Waals surface area contributed by atoms with Crippen molar-refractivity contribution in [2.75, 3.05) is 56.2 Å². The number of ether oxygens (including phenoxy) is 2. The predicted octanol–water partition coefficient (Wildman–Crippen LogP) is 6.24. The van der Waals surface area contributed by atoms with E-state index in [0.717, 1.165) is 68.3 Å². The molecule has 0 radical (unpaired) electrons. The van der Waals surface area contributed by atoms with E-state index in [0.29, 0.717) is 28.3 Å². The topological polar surface area (TPSA) is 54.4 Å². The summed E-state index contributed by atoms with van der Waals surface area (Å²) in [6, 6.07) is 11.6. The highest BCUT2D eigenvalue weighted by Crippen LogP contribution is 2.33. The van der Waals surface area contributed by atoms with Crippen molar-refractivity contribution in [2.45, 2.75) is 26.7 Å². The number of nitrogens with zero attached hydrogens (tertiary/aromatic N) is 3. The fourth-order valence-electron chi connectivity index (χ4n) is 3.88. The Morgan fingerprint density at radius 2 is 1.89 bits per heavy atom. The first-order chi connectivity index (χ1) is 16.9. The van der Waals surface area contributed by atoms with E-state index in [-0.39, 0.29) is 5.97 Å². The van der Waals surface area contributed by atoms with Crippen LogP contribution in [0.25, 0.3) is 0 Å². The first-order valence-electron chi connectivity index (χ1n) is 11.8. The third kappa shape index (κ3) is 8.60. The number of esters is 1. The lowest BCUT2D eigenvalue weighted by Crippen LogP contribution is -2.46. The van der Waals surface area contributed by atoms with E-state index in [4.69, 9.17) is 32.7 Å². The minimum atomic E-state index is -0.293. The van der Waals surface area contributed by atoms with Crippen molar-refractivity contribution in [1.82, 2.24) is 4.90 Å². The summed E-state index contributed by atoms with van der Waals surface area (Å²) in [7, 11) is 0. The van der Waals surface area contributed by atoms with Gasteiger partial charge in [-0.1, -0.05) is 35.3 Å². The van der Waals surface area contributed by atoms with Crippen LogP contribution in [0.3, 0.4) is 0 Å². The van der Waals surface area contributed by atoms with E-state index in [1.807, 2.05) is 49.6 Å². The third-order valence-electron chi connectivity index (χ3n) is 5.76. The van der Waals surface area contributed by atoms with Gasteiger partial charge in [0, 0.05) is 39.2 Å². The summed E-state index contributed by atoms with van der Waals surface area (Å²) in [6.07, 6.45) is 3.90. The Morgan fingerprint density at radius 3 is 2.63 bits per heavy atom. The third-order valence-corrected chi connectivity index (χ3v) is 7.10. The Labute approximate surface area is 222 Å². The van der Waals surface area contributed by atoms with Gasteiger partial charge in [-0.3, -0.25) is 9.69 Å². The van der Waals surface area contributed by atoms with Gasteiger partial charge in [-0.2, -0.15) is 11.8 Å². The number of rotatable bonds is 10. The second kappa shape index (κ2) is 14.0. The van der Waals surface area contributed by atoms with Gasteiger partial charge in [0.15, 0.2) is 5.90 Å². The molecular formula is C26H33Cl2N3O3S. The monoisotopic (exact) mass is 537 g/mol. The zero-order chi connectivity index (χ0) is 25.2. The molecule has 0 atom stereocenters. The van der Waals surface area contributed by atoms with E-state index in [9.17, 15) is 4.79 Å². The van der Waals surface area contributed by atoms with Gasteiger partial charge in [0.1, 0.15) is 5.75 Å². The van der Waals surface area contributed by atoms with Crippen LogP contribution in [-0.2, 0) is 9.53 Å². The zero-order valence-electron chi connectivity index (χ0n) is 20.6. The van der Waals surface area contributed by atoms with Crippen molar-refractivity contribution in [3.05, 3.63) is 52.0 Å². The van der Waals surface area contributed by atoms with Gasteiger partial charge in [-0.15, -0.1) is 0 Å². The summed E-state index contributed by atoms with van der Waals surface area (Å²) >= 11 is 14.0. The molecule has 0 unspecified atom stereocenters. The van der Waals surface area contributed by atoms with Crippen molar-refractivity contribution in [2.24, 2.45) is 4.99 Å². The molecular weight excluding hydrogens is 505 g/mol. The Bertz CT molecular complexity index is 1030. The lowest BCUT2D eigenvalue weighted by molar-refractivity contribution is -0.132. The fraction of sp³-hybridized carbons (Fsp3) is 0.462. The molecule has 1 fully saturated rings. The Kier molecular flexibility index (Phi) is 11.0. The quantitative estimate of drug-likeness (QED) is 0.155. The molecule has 1 aliphatic rings. The van der Waals surface area contributed by atoms with Gasteiger partial charge >= 0.3 is 5.97 Å². The number of hydrogen-bond donors (Lipinski definition) is 0. The molecule has 35 heavy (non-hydrogen) atoms. The molecule has 0 saturated carbocycles. The van der Waals surface area contributed by atoms with Crippen LogP contribution in [-0.4, -0.2) is 68.1 Å². The molecule has 0 N–H and O–H groups in total. The number of piperazine rings is 1. The molecule has 0 aromatic heterocycles. The van der Waals surface area contributed by atoms with E-state index in [1.165, 1.54) is 11.8 Å². The summed E-state index contributed by atoms with van der Waals surface area (Å²) in [5.74, 6) is 1.12. The van der Waals surface area contributed by atoms with Gasteiger partial charge in [-0.05, 0) is 56.3 Å². The van der Waals surface area contributed by atoms with Crippen molar-refractivity contribution in [1.29, 1.82) is 0 Å². The van der Waals surface area contributed by atoms with E-state index in [1.54, 1.807) is 6.92 Å². The zero-order valence-corrected chi connectivity index (χ0v) is 22.9. The van der Waals surface area contributed by atoms with Crippen LogP contribution in [0.1, 0.15) is 25.3 Å². The van der Waals surface area contributed by atoms with Crippen LogP contribution in [0.4, 0.5) is 11.4 Å². The van der Waals surface area contributed by atoms with Crippen LogP contribution in [0.5, 0.6) is 5.75 Å². The van der Waals surface area contributed by atoms with Gasteiger partial charge in [0.25, 0.3) is 0 Å². The predicted molar refractivity (Wildman–Crippen MR) is 148 cm³/mol. The first kappa shape index (κ1) is 27.7. The molecule has 2 aromatic carbocycles. The number of carbonyl (C=O) groups excluding carboxylic acids is 1. The molecule has 2 aromatic rings. The molecule has 0 aliphatic carbocycles. The lowest BCUT2D eigenvalue weighted by atomic mass is 10.2. The van der Waals surface area contributed by atoms with E-state index >= 15 is 0 Å². The number of carbonyl (C=O) groups is 1. The van der Waals surface area contributed by atoms with Crippen LogP contribution in [0.15, 0.2) is 41.4 Å². The molecule has 1 aliphatic heterocycles. The first-order valence-corrected chi connectivity index (χ1v) is 13.9. The number of aliphatic imine (C=N–C) groups is 1. The maximum atomic E-state index is 11.7. The second-order valence-electron chi connectivity index (χ2n) is 8.44. The highest BCUT2D eigenvalue weighted by atomic mass is 35.5. The molecule has 0 spiro atoms. The molecule has 0 bridgehead atoms. The lowest BCUT2D eigenvalue weighted by Gasteiger charge is -2.36. The van der Waals surface area contributed by atoms with Crippen LogP contribution < -0.4 is 9.64 Å². The number of benzene rings is 2. The standard InChI is InChI=1S/C26H33Cl2N3O3S/c1-19-9-10-21(17-23(19)29-20(2)34-25(32)18-35-3)33-16-5-4-11-30-12-14-31(15-13-30)24-8-6-7-22(27)26(24)28/h6-10,17H,4-5,11-16,18H2,1-3H3. The van der Waals surface area contributed by atoms with Crippen molar-refractivity contribution in [3.8, 4) is 5.75 Å². The molecule has 190 valence electrons. The Hall–Kier alpha value is -1.93. The normalized spacial score (nSPS) is 14.8. The van der Waals surface area contributed by atoms with E-state index in [2.05, 4.69) is 14.8 Å². The second-order valence-corrected chi connectivity index (χ2v) is 10.1. The van der Waals surface area contributed by atoms with Gasteiger partial charge in [0.2, 0.25) is 0 Å². The van der Waals surface area contributed by atoms with Gasteiger partial charge in [0.05, 0.1) is 33.8 Å². The van der Waals surface area contributed by atoms with Crippen molar-refractivity contribution < 1.29 is 14.3 Å². The number of aryl methyl sites for hydroxylation is 1. The van der Waals surface area contributed by atoms with E-state index < -0.39 is 0 Å². The number of thioether (sulfide) groups is 1. The minimum absolute atomic E-state index is 0.293. The Morgan fingerprint density at radius 1 is 1.11 bits per heavy atom. The maximum absolute atomic E-state index is 11.7. The summed E-state index contributed by atoms with van der Waals surface area (Å²) in [5, 5.41) is 1.24. The average Bonchev–Trinajstić information content (AvgIpc) is 2.83. The summed E-state index contributed by atoms with van der Waals surface area (Å²) in [6.45, 7) is 9.24. The summed E-state index contributed by atoms with van der Waals surface area (Å²) in [5.41, 5.74) is 2.76. The smallest absolute Gasteiger partial charge is 0.322 e. The number of anilines is 1. The summed E-state index contributed by atoms with van der Waals surface area (Å²) in [4.78, 5) is 20.9. The molecule has 1 saturated heterocycles. The molecule has 6 nitrogen and oxygen atoms in total. The molecule has 1 heterocycles. The molecule has 0 amide bonds. The van der Waals surface area contributed by atoms with Crippen LogP contribution in [0, 0.1) is 6.92 Å². The van der Waals surface area contributed by atoms with Crippen LogP contribution >= 0.6 is 35.0 Å². The summed E-state index contributed by atoms with van der Waals surface area (Å²) < 4.78 is 11.2. The SMILES string of the molecule is CSCC(=O)OC(C)=Nc1cc(OCCCCN2CCN(c3cccc(Cl)c3Cl)CC2)ccc1C. The van der Waals surface area contributed by atoms with Gasteiger partial charge in [-0.25, -0.2) is 4.99 Å². The minimum Gasteiger partial charge on any atom is -0.494 e. The Balaban J connectivity index is 1.39. The molecule has 9 heteroatoms. The highest BCUT2D eigenvalue weighted by molar-refractivity contribution is 7.99. The fourth-order valence-corrected chi connectivity index (χ4v) is 4.59. The highest BCUT2D eigenvalue weighted by Gasteiger charge is 2.19. The largest absolute Gasteiger partial charge is 0.494 e. The van der Waals surface area contributed by atoms with Gasteiger partial charge < -0.3 is 14.4 Å². The van der Waals surface area contributed by atoms with Crippen molar-refractivity contribution in [3.63, 3.8) is 0 Å².